The Labute approximate surface area is 172 Å². The standard InChI is InChI=1S/C21H33BrN2OS/c1-2-3-4-5-6-7-8-9-10-11-12-16-20(25)24-21(26)23-19-15-13-14-18(22)17-19/h13-15,17H,2-12,16H2,1H3,(H2,23,24,25,26). The van der Waals surface area contributed by atoms with Crippen LogP contribution in [-0.4, -0.2) is 11.0 Å². The molecular weight excluding hydrogens is 408 g/mol. The van der Waals surface area contributed by atoms with Crippen molar-refractivity contribution < 1.29 is 4.79 Å². The molecule has 0 atom stereocenters. The van der Waals surface area contributed by atoms with Crippen molar-refractivity contribution in [2.75, 3.05) is 5.32 Å². The van der Waals surface area contributed by atoms with Crippen LogP contribution in [0.2, 0.25) is 0 Å². The number of carbonyl (C=O) groups is 1. The van der Waals surface area contributed by atoms with Gasteiger partial charge in [-0.25, -0.2) is 0 Å². The van der Waals surface area contributed by atoms with Gasteiger partial charge >= 0.3 is 0 Å². The third-order valence-corrected chi connectivity index (χ3v) is 5.04. The van der Waals surface area contributed by atoms with Crippen LogP contribution in [0.3, 0.4) is 0 Å². The van der Waals surface area contributed by atoms with E-state index in [1.54, 1.807) is 0 Å². The summed E-state index contributed by atoms with van der Waals surface area (Å²) in [5.74, 6) is -0.00609. The maximum Gasteiger partial charge on any atom is 0.226 e. The van der Waals surface area contributed by atoms with Gasteiger partial charge in [-0.1, -0.05) is 93.1 Å². The lowest BCUT2D eigenvalue weighted by Gasteiger charge is -2.09. The number of anilines is 1. The van der Waals surface area contributed by atoms with Gasteiger partial charge in [-0.2, -0.15) is 0 Å². The Hall–Kier alpha value is -0.940. The van der Waals surface area contributed by atoms with Crippen LogP contribution in [0.1, 0.15) is 84.0 Å². The highest BCUT2D eigenvalue weighted by atomic mass is 79.9. The SMILES string of the molecule is CCCCCCCCCCCCCC(=O)NC(=S)Nc1cccc(Br)c1. The van der Waals surface area contributed by atoms with Crippen LogP contribution in [0.15, 0.2) is 28.7 Å². The van der Waals surface area contributed by atoms with Crippen LogP contribution in [0, 0.1) is 0 Å². The van der Waals surface area contributed by atoms with E-state index < -0.39 is 0 Å². The van der Waals surface area contributed by atoms with Crippen LogP contribution >= 0.6 is 28.1 Å². The van der Waals surface area contributed by atoms with E-state index in [1.807, 2.05) is 24.3 Å². The number of benzene rings is 1. The molecule has 0 heterocycles. The maximum atomic E-state index is 11.9. The van der Waals surface area contributed by atoms with Crippen molar-refractivity contribution in [1.29, 1.82) is 0 Å². The van der Waals surface area contributed by atoms with Crippen LogP contribution < -0.4 is 10.6 Å². The number of nitrogens with one attached hydrogen (secondary N) is 2. The van der Waals surface area contributed by atoms with E-state index in [0.717, 1.165) is 23.0 Å². The van der Waals surface area contributed by atoms with Gasteiger partial charge in [0, 0.05) is 16.6 Å². The minimum absolute atomic E-state index is 0.00609. The zero-order valence-electron chi connectivity index (χ0n) is 16.0. The number of halogens is 1. The zero-order valence-corrected chi connectivity index (χ0v) is 18.4. The monoisotopic (exact) mass is 440 g/mol. The summed E-state index contributed by atoms with van der Waals surface area (Å²) in [5, 5.41) is 6.13. The number of thiocarbonyl (C=S) groups is 1. The molecule has 1 amide bonds. The van der Waals surface area contributed by atoms with Crippen molar-refractivity contribution in [2.24, 2.45) is 0 Å². The normalized spacial score (nSPS) is 10.5. The molecule has 0 fully saturated rings. The number of hydrogen-bond acceptors (Lipinski definition) is 2. The molecule has 2 N–H and O–H groups in total. The smallest absolute Gasteiger partial charge is 0.226 e. The average molecular weight is 441 g/mol. The summed E-state index contributed by atoms with van der Waals surface area (Å²) < 4.78 is 0.970. The largest absolute Gasteiger partial charge is 0.332 e. The van der Waals surface area contributed by atoms with Crippen molar-refractivity contribution in [3.8, 4) is 0 Å². The first-order chi connectivity index (χ1) is 12.6. The highest BCUT2D eigenvalue weighted by Gasteiger charge is 2.05. The Morgan fingerprint density at radius 2 is 1.54 bits per heavy atom. The molecule has 3 nitrogen and oxygen atoms in total. The van der Waals surface area contributed by atoms with Crippen molar-refractivity contribution in [3.63, 3.8) is 0 Å². The lowest BCUT2D eigenvalue weighted by atomic mass is 10.1. The molecule has 0 aliphatic carbocycles. The lowest BCUT2D eigenvalue weighted by molar-refractivity contribution is -0.119. The summed E-state index contributed by atoms with van der Waals surface area (Å²) >= 11 is 8.60. The number of unbranched alkanes of at least 4 members (excludes halogenated alkanes) is 10. The first kappa shape index (κ1) is 23.1. The second kappa shape index (κ2) is 15.2. The van der Waals surface area contributed by atoms with Gasteiger partial charge in [-0.3, -0.25) is 4.79 Å². The molecule has 0 saturated heterocycles. The lowest BCUT2D eigenvalue weighted by Crippen LogP contribution is -2.33. The highest BCUT2D eigenvalue weighted by molar-refractivity contribution is 9.10. The van der Waals surface area contributed by atoms with Crippen LogP contribution in [-0.2, 0) is 4.79 Å². The van der Waals surface area contributed by atoms with E-state index in [0.29, 0.717) is 11.5 Å². The Morgan fingerprint density at radius 1 is 0.962 bits per heavy atom. The predicted molar refractivity (Wildman–Crippen MR) is 120 cm³/mol. The molecule has 0 aromatic heterocycles. The molecule has 0 bridgehead atoms. The van der Waals surface area contributed by atoms with Crippen molar-refractivity contribution >= 4 is 44.9 Å². The molecule has 1 rings (SSSR count). The fraction of sp³-hybridized carbons (Fsp3) is 0.619. The topological polar surface area (TPSA) is 41.1 Å². The number of hydrogen-bond donors (Lipinski definition) is 2. The van der Waals surface area contributed by atoms with Gasteiger partial charge in [0.1, 0.15) is 0 Å². The molecule has 1 aromatic carbocycles. The molecular formula is C21H33BrN2OS. The van der Waals surface area contributed by atoms with E-state index in [4.69, 9.17) is 12.2 Å². The summed E-state index contributed by atoms with van der Waals surface area (Å²) in [4.78, 5) is 11.9. The van der Waals surface area contributed by atoms with E-state index in [-0.39, 0.29) is 5.91 Å². The molecule has 0 unspecified atom stereocenters. The van der Waals surface area contributed by atoms with Crippen molar-refractivity contribution in [1.82, 2.24) is 5.32 Å². The summed E-state index contributed by atoms with van der Waals surface area (Å²) in [6.45, 7) is 2.26. The van der Waals surface area contributed by atoms with Gasteiger partial charge in [0.15, 0.2) is 5.11 Å². The summed E-state index contributed by atoms with van der Waals surface area (Å²) in [7, 11) is 0. The molecule has 0 spiro atoms. The second-order valence-corrected chi connectivity index (χ2v) is 8.12. The first-order valence-electron chi connectivity index (χ1n) is 9.98. The number of amides is 1. The number of rotatable bonds is 13. The van der Waals surface area contributed by atoms with Gasteiger partial charge < -0.3 is 10.6 Å². The van der Waals surface area contributed by atoms with Crippen molar-refractivity contribution in [2.45, 2.75) is 84.0 Å². The van der Waals surface area contributed by atoms with Gasteiger partial charge in [-0.05, 0) is 36.8 Å². The van der Waals surface area contributed by atoms with E-state index in [2.05, 4.69) is 33.5 Å². The van der Waals surface area contributed by atoms with Crippen LogP contribution in [0.5, 0.6) is 0 Å². The molecule has 0 saturated carbocycles. The van der Waals surface area contributed by atoms with E-state index in [9.17, 15) is 4.79 Å². The number of carbonyl (C=O) groups excluding carboxylic acids is 1. The van der Waals surface area contributed by atoms with Crippen LogP contribution in [0.25, 0.3) is 0 Å². The molecule has 26 heavy (non-hydrogen) atoms. The fourth-order valence-corrected chi connectivity index (χ4v) is 3.50. The summed E-state index contributed by atoms with van der Waals surface area (Å²) in [6.07, 6.45) is 14.7. The Bertz CT molecular complexity index is 536. The molecule has 0 aliphatic rings. The quantitative estimate of drug-likeness (QED) is 0.257. The van der Waals surface area contributed by atoms with Gasteiger partial charge in [0.2, 0.25) is 5.91 Å². The minimum Gasteiger partial charge on any atom is -0.332 e. The molecule has 5 heteroatoms. The molecule has 0 radical (unpaired) electrons. The highest BCUT2D eigenvalue weighted by Crippen LogP contribution is 2.15. The molecule has 1 aromatic rings. The minimum atomic E-state index is -0.00609. The van der Waals surface area contributed by atoms with E-state index >= 15 is 0 Å². The Balaban J connectivity index is 1.97. The van der Waals surface area contributed by atoms with Gasteiger partial charge in [0.25, 0.3) is 0 Å². The van der Waals surface area contributed by atoms with Crippen molar-refractivity contribution in [3.05, 3.63) is 28.7 Å². The van der Waals surface area contributed by atoms with E-state index in [1.165, 1.54) is 57.8 Å². The van der Waals surface area contributed by atoms with Crippen LogP contribution in [0.4, 0.5) is 5.69 Å². The predicted octanol–water partition coefficient (Wildman–Crippen LogP) is 6.96. The summed E-state index contributed by atoms with van der Waals surface area (Å²) in [6, 6.07) is 7.69. The maximum absolute atomic E-state index is 11.9. The van der Waals surface area contributed by atoms with Gasteiger partial charge in [-0.15, -0.1) is 0 Å². The zero-order chi connectivity index (χ0) is 19.0. The average Bonchev–Trinajstić information content (AvgIpc) is 2.59. The summed E-state index contributed by atoms with van der Waals surface area (Å²) in [5.41, 5.74) is 0.861. The first-order valence-corrected chi connectivity index (χ1v) is 11.2. The third kappa shape index (κ3) is 12.4. The van der Waals surface area contributed by atoms with Gasteiger partial charge in [0.05, 0.1) is 0 Å². The fourth-order valence-electron chi connectivity index (χ4n) is 2.87. The Kier molecular flexibility index (Phi) is 13.5. The molecule has 0 aliphatic heterocycles. The third-order valence-electron chi connectivity index (χ3n) is 4.34. The second-order valence-electron chi connectivity index (χ2n) is 6.80. The molecule has 146 valence electrons. The Morgan fingerprint density at radius 3 is 2.12 bits per heavy atom.